The van der Waals surface area contributed by atoms with Gasteiger partial charge >= 0.3 is 19.5 Å². The molecule has 2 nitrogen and oxygen atoms in total. The van der Waals surface area contributed by atoms with E-state index in [1.54, 1.807) is 7.05 Å². The monoisotopic (exact) mass is 341 g/mol. The van der Waals surface area contributed by atoms with Crippen LogP contribution in [-0.4, -0.2) is 7.05 Å². The zero-order valence-electron chi connectivity index (χ0n) is 11.2. The number of rotatable bonds is 4. The first-order chi connectivity index (χ1) is 8.33. The van der Waals surface area contributed by atoms with Crippen molar-refractivity contribution >= 4 is 0 Å². The minimum Gasteiger partial charge on any atom is -0.672 e. The van der Waals surface area contributed by atoms with Crippen LogP contribution in [0.2, 0.25) is 0 Å². The Morgan fingerprint density at radius 2 is 1.26 bits per heavy atom. The van der Waals surface area contributed by atoms with Crippen molar-refractivity contribution in [2.24, 2.45) is 0 Å². The molecule has 2 aromatic rings. The SMILES string of the molecule is C[N-][C@@H](c1ccccc1)[C@@H]([NH-])c1ccccc1.[CH3-].[Ru+3]. The largest absolute Gasteiger partial charge is 3.00 e. The Balaban J connectivity index is 0.00000162. The summed E-state index contributed by atoms with van der Waals surface area (Å²) in [6, 6.07) is 19.5. The summed E-state index contributed by atoms with van der Waals surface area (Å²) >= 11 is 0. The number of nitrogens with one attached hydrogen (secondary N) is 1. The normalized spacial score (nSPS) is 12.7. The summed E-state index contributed by atoms with van der Waals surface area (Å²) in [6.45, 7) is 0. The number of nitrogens with zero attached hydrogens (tertiary/aromatic N) is 1. The molecule has 19 heavy (non-hydrogen) atoms. The molecule has 0 aromatic heterocycles. The van der Waals surface area contributed by atoms with Crippen LogP contribution in [0.25, 0.3) is 11.1 Å². The molecule has 0 bridgehead atoms. The van der Waals surface area contributed by atoms with E-state index in [1.807, 2.05) is 60.7 Å². The fourth-order valence-corrected chi connectivity index (χ4v) is 1.98. The van der Waals surface area contributed by atoms with E-state index in [0.717, 1.165) is 11.1 Å². The predicted molar refractivity (Wildman–Crippen MR) is 78.4 cm³/mol. The molecular weight excluding hydrogens is 321 g/mol. The fourth-order valence-electron chi connectivity index (χ4n) is 1.98. The Kier molecular flexibility index (Phi) is 8.50. The molecule has 0 heterocycles. The summed E-state index contributed by atoms with van der Waals surface area (Å²) in [7, 11) is 1.78. The zero-order chi connectivity index (χ0) is 12.1. The van der Waals surface area contributed by atoms with Crippen molar-refractivity contribution in [1.29, 1.82) is 0 Å². The Hall–Kier alpha value is -1.02. The summed E-state index contributed by atoms with van der Waals surface area (Å²) in [5.41, 5.74) is 10.4. The van der Waals surface area contributed by atoms with Gasteiger partial charge in [0.1, 0.15) is 0 Å². The first kappa shape index (κ1) is 18.0. The number of likely N-dealkylation sites (N-methyl/N-ethyl adjacent to an activating group) is 1. The topological polar surface area (TPSA) is 37.9 Å². The average Bonchev–Trinajstić information content (AvgIpc) is 2.42. The third-order valence-electron chi connectivity index (χ3n) is 2.89. The molecule has 0 amide bonds. The zero-order valence-corrected chi connectivity index (χ0v) is 13.0. The molecule has 2 aromatic carbocycles. The van der Waals surface area contributed by atoms with Gasteiger partial charge in [-0.15, -0.1) is 12.1 Å². The summed E-state index contributed by atoms with van der Waals surface area (Å²) in [5, 5.41) is 4.35. The van der Waals surface area contributed by atoms with E-state index in [9.17, 15) is 0 Å². The van der Waals surface area contributed by atoms with Gasteiger partial charge in [0.25, 0.3) is 0 Å². The average molecular weight is 340 g/mol. The van der Waals surface area contributed by atoms with Gasteiger partial charge in [0.05, 0.1) is 0 Å². The maximum atomic E-state index is 8.31. The van der Waals surface area contributed by atoms with Gasteiger partial charge in [-0.2, -0.15) is 7.05 Å². The van der Waals surface area contributed by atoms with Crippen molar-refractivity contribution in [3.05, 3.63) is 90.3 Å². The van der Waals surface area contributed by atoms with Crippen LogP contribution < -0.4 is 0 Å². The van der Waals surface area contributed by atoms with Crippen LogP contribution in [0.5, 0.6) is 0 Å². The van der Waals surface area contributed by atoms with Gasteiger partial charge < -0.3 is 18.5 Å². The van der Waals surface area contributed by atoms with Gasteiger partial charge in [-0.05, 0) is 0 Å². The Morgan fingerprint density at radius 1 is 0.842 bits per heavy atom. The van der Waals surface area contributed by atoms with Crippen molar-refractivity contribution < 1.29 is 19.5 Å². The van der Waals surface area contributed by atoms with E-state index in [1.165, 1.54) is 0 Å². The molecule has 0 aliphatic heterocycles. The summed E-state index contributed by atoms with van der Waals surface area (Å²) in [6.07, 6.45) is 0. The van der Waals surface area contributed by atoms with Crippen molar-refractivity contribution in [3.8, 4) is 0 Å². The summed E-state index contributed by atoms with van der Waals surface area (Å²) < 4.78 is 0. The quantitative estimate of drug-likeness (QED) is 0.557. The van der Waals surface area contributed by atoms with Gasteiger partial charge in [0.15, 0.2) is 0 Å². The van der Waals surface area contributed by atoms with Gasteiger partial charge in [-0.1, -0.05) is 71.8 Å². The van der Waals surface area contributed by atoms with E-state index in [-0.39, 0.29) is 39.0 Å². The van der Waals surface area contributed by atoms with E-state index in [2.05, 4.69) is 5.32 Å². The molecule has 0 fully saturated rings. The van der Waals surface area contributed by atoms with Crippen LogP contribution in [0.3, 0.4) is 0 Å². The molecular formula is C16H19N2Ru. The molecule has 0 aliphatic carbocycles. The molecule has 0 saturated heterocycles. The van der Waals surface area contributed by atoms with Gasteiger partial charge in [-0.3, -0.25) is 0 Å². The van der Waals surface area contributed by atoms with E-state index < -0.39 is 0 Å². The molecule has 101 valence electrons. The van der Waals surface area contributed by atoms with Gasteiger partial charge in [0.2, 0.25) is 0 Å². The Labute approximate surface area is 129 Å². The third-order valence-corrected chi connectivity index (χ3v) is 2.89. The molecule has 0 spiro atoms. The van der Waals surface area contributed by atoms with Crippen LogP contribution in [0.1, 0.15) is 23.2 Å². The van der Waals surface area contributed by atoms with Gasteiger partial charge in [-0.25, -0.2) is 0 Å². The molecule has 2 atom stereocenters. The van der Waals surface area contributed by atoms with Crippen LogP contribution in [0, 0.1) is 7.43 Å². The standard InChI is InChI=1S/C15H16N2.CH3.Ru/c1-17-15(13-10-6-3-7-11-13)14(16)12-8-4-2-5-9-12;;/h2-11,14-16H,1H3;1H3;/q-2;-1;+3/t14-,15-;;/m0../s1. The maximum Gasteiger partial charge on any atom is 3.00 e. The van der Waals surface area contributed by atoms with Crippen molar-refractivity contribution in [3.63, 3.8) is 0 Å². The van der Waals surface area contributed by atoms with Crippen molar-refractivity contribution in [2.75, 3.05) is 7.05 Å². The van der Waals surface area contributed by atoms with Crippen molar-refractivity contribution in [2.45, 2.75) is 12.1 Å². The molecule has 2 rings (SSSR count). The maximum absolute atomic E-state index is 8.31. The molecule has 0 unspecified atom stereocenters. The Morgan fingerprint density at radius 3 is 1.68 bits per heavy atom. The summed E-state index contributed by atoms with van der Waals surface area (Å²) in [5.74, 6) is 0. The second-order valence-corrected chi connectivity index (χ2v) is 4.00. The van der Waals surface area contributed by atoms with E-state index >= 15 is 0 Å². The molecule has 3 heteroatoms. The van der Waals surface area contributed by atoms with Crippen LogP contribution in [0.15, 0.2) is 60.7 Å². The number of benzene rings is 2. The summed E-state index contributed by atoms with van der Waals surface area (Å²) in [4.78, 5) is 0. The van der Waals surface area contributed by atoms with E-state index in [0.29, 0.717) is 0 Å². The van der Waals surface area contributed by atoms with Crippen LogP contribution in [-0.2, 0) is 19.5 Å². The molecule has 1 radical (unpaired) electrons. The molecule has 0 aliphatic rings. The minimum atomic E-state index is -0.344. The second-order valence-electron chi connectivity index (χ2n) is 4.00. The number of hydrogen-bond acceptors (Lipinski definition) is 0. The smallest absolute Gasteiger partial charge is 0.672 e. The van der Waals surface area contributed by atoms with Crippen LogP contribution in [0.4, 0.5) is 0 Å². The fraction of sp³-hybridized carbons (Fsp3) is 0.188. The predicted octanol–water partition coefficient (Wildman–Crippen LogP) is 4.97. The van der Waals surface area contributed by atoms with E-state index in [4.69, 9.17) is 5.73 Å². The molecule has 0 saturated carbocycles. The first-order valence-corrected chi connectivity index (χ1v) is 5.73. The third kappa shape index (κ3) is 4.54. The van der Waals surface area contributed by atoms with Crippen molar-refractivity contribution in [1.82, 2.24) is 0 Å². The Bertz CT molecular complexity index is 445. The van der Waals surface area contributed by atoms with Gasteiger partial charge in [0, 0.05) is 0 Å². The molecule has 1 N–H and O–H groups in total. The first-order valence-electron chi connectivity index (χ1n) is 5.73. The second kappa shape index (κ2) is 8.98. The number of hydrogen-bond donors (Lipinski definition) is 0. The van der Waals surface area contributed by atoms with Crippen LogP contribution >= 0.6 is 0 Å². The minimum absolute atomic E-state index is 0.